The van der Waals surface area contributed by atoms with E-state index in [1.807, 2.05) is 42.5 Å². The number of carbonyl (C=O) groups excluding carboxylic acids is 1. The fraction of sp³-hybridized carbons (Fsp3) is 0.429. The third kappa shape index (κ3) is 8.97. The fourth-order valence-electron chi connectivity index (χ4n) is 5.85. The highest BCUT2D eigenvalue weighted by molar-refractivity contribution is 5.76. The second-order valence-corrected chi connectivity index (χ2v) is 11.6. The first-order valence-corrected chi connectivity index (χ1v) is 15.4. The van der Waals surface area contributed by atoms with Gasteiger partial charge in [-0.15, -0.1) is 0 Å². The highest BCUT2D eigenvalue weighted by Crippen LogP contribution is 2.39. The van der Waals surface area contributed by atoms with Gasteiger partial charge in [-0.3, -0.25) is 9.59 Å². The van der Waals surface area contributed by atoms with Crippen LogP contribution in [-0.4, -0.2) is 52.7 Å². The van der Waals surface area contributed by atoms with Gasteiger partial charge in [0.15, 0.2) is 6.29 Å². The number of piperidine rings is 1. The molecule has 43 heavy (non-hydrogen) atoms. The lowest BCUT2D eigenvalue weighted by atomic mass is 9.98. The van der Waals surface area contributed by atoms with E-state index in [0.717, 1.165) is 59.4 Å². The van der Waals surface area contributed by atoms with Crippen LogP contribution in [0, 0.1) is 0 Å². The van der Waals surface area contributed by atoms with Gasteiger partial charge in [0.05, 0.1) is 18.8 Å². The molecule has 0 unspecified atom stereocenters. The number of hydrogen-bond donors (Lipinski definition) is 3. The number of aliphatic hydroxyl groups excluding tert-OH is 1. The molecule has 8 heteroatoms. The molecule has 2 aliphatic rings. The summed E-state index contributed by atoms with van der Waals surface area (Å²) in [5.74, 6) is -1.04. The standard InChI is InChI=1S/C35H42N2O6/c38-24-25-10-12-28(13-11-25)32-21-31(23-37-18-2-1-3-19-37)42-35(43-32)29-16-14-27(15-17-29)30-7-4-6-26(20-30)22-36-33(39)8-5-9-34(40)41/h4,6-7,10-17,20,31-32,35,38H,1-3,5,8-9,18-19,21-24H2,(H,36,39)(H,40,41)/t31-,32+,35+/m0/s1. The van der Waals surface area contributed by atoms with E-state index >= 15 is 0 Å². The summed E-state index contributed by atoms with van der Waals surface area (Å²) in [6.07, 6.45) is 4.55. The lowest BCUT2D eigenvalue weighted by Crippen LogP contribution is -2.41. The predicted octanol–water partition coefficient (Wildman–Crippen LogP) is 5.75. The summed E-state index contributed by atoms with van der Waals surface area (Å²) in [6.45, 7) is 3.53. The Balaban J connectivity index is 1.25. The van der Waals surface area contributed by atoms with Crippen molar-refractivity contribution >= 4 is 11.9 Å². The molecule has 8 nitrogen and oxygen atoms in total. The Kier molecular flexibility index (Phi) is 11.0. The monoisotopic (exact) mass is 586 g/mol. The van der Waals surface area contributed by atoms with Crippen molar-refractivity contribution in [3.8, 4) is 11.1 Å². The minimum atomic E-state index is -0.890. The van der Waals surface area contributed by atoms with E-state index in [-0.39, 0.29) is 37.6 Å². The predicted molar refractivity (Wildman–Crippen MR) is 164 cm³/mol. The van der Waals surface area contributed by atoms with Gasteiger partial charge >= 0.3 is 5.97 Å². The Labute approximate surface area is 253 Å². The quantitative estimate of drug-likeness (QED) is 0.248. The van der Waals surface area contributed by atoms with Crippen molar-refractivity contribution < 1.29 is 29.3 Å². The number of likely N-dealkylation sites (tertiary alicyclic amines) is 1. The molecule has 0 spiro atoms. The largest absolute Gasteiger partial charge is 0.481 e. The van der Waals surface area contributed by atoms with E-state index < -0.39 is 12.3 Å². The van der Waals surface area contributed by atoms with E-state index in [4.69, 9.17) is 14.6 Å². The first-order valence-electron chi connectivity index (χ1n) is 15.4. The van der Waals surface area contributed by atoms with Gasteiger partial charge in [-0.25, -0.2) is 0 Å². The van der Waals surface area contributed by atoms with E-state index in [1.54, 1.807) is 0 Å². The third-order valence-electron chi connectivity index (χ3n) is 8.25. The summed E-state index contributed by atoms with van der Waals surface area (Å²) in [4.78, 5) is 25.3. The number of rotatable bonds is 12. The number of aliphatic carboxylic acids is 1. The first-order chi connectivity index (χ1) is 21.0. The van der Waals surface area contributed by atoms with Crippen molar-refractivity contribution in [2.75, 3.05) is 19.6 Å². The topological polar surface area (TPSA) is 108 Å². The molecule has 1 amide bonds. The van der Waals surface area contributed by atoms with Crippen LogP contribution in [-0.2, 0) is 32.2 Å². The number of amides is 1. The van der Waals surface area contributed by atoms with Crippen molar-refractivity contribution in [1.29, 1.82) is 0 Å². The summed E-state index contributed by atoms with van der Waals surface area (Å²) < 4.78 is 13.1. The number of nitrogens with one attached hydrogen (secondary N) is 1. The van der Waals surface area contributed by atoms with Crippen molar-refractivity contribution in [3.05, 3.63) is 95.1 Å². The fourth-order valence-corrected chi connectivity index (χ4v) is 5.85. The molecule has 3 N–H and O–H groups in total. The molecule has 2 aliphatic heterocycles. The van der Waals surface area contributed by atoms with Crippen LogP contribution in [0.2, 0.25) is 0 Å². The molecular weight excluding hydrogens is 544 g/mol. The normalized spacial score (nSPS) is 20.9. The number of benzene rings is 3. The third-order valence-corrected chi connectivity index (χ3v) is 8.25. The summed E-state index contributed by atoms with van der Waals surface area (Å²) >= 11 is 0. The number of carbonyl (C=O) groups is 2. The van der Waals surface area contributed by atoms with Gasteiger partial charge in [0.1, 0.15) is 0 Å². The zero-order chi connectivity index (χ0) is 30.0. The molecule has 5 rings (SSSR count). The van der Waals surface area contributed by atoms with E-state index in [9.17, 15) is 14.7 Å². The average molecular weight is 587 g/mol. The smallest absolute Gasteiger partial charge is 0.303 e. The first kappa shape index (κ1) is 30.9. The number of carboxylic acids is 1. The molecule has 0 radical (unpaired) electrons. The molecule has 3 atom stereocenters. The van der Waals surface area contributed by atoms with Crippen molar-refractivity contribution in [1.82, 2.24) is 10.2 Å². The molecular formula is C35H42N2O6. The maximum absolute atomic E-state index is 12.1. The Morgan fingerprint density at radius 1 is 0.837 bits per heavy atom. The van der Waals surface area contributed by atoms with Gasteiger partial charge in [0, 0.05) is 37.9 Å². The van der Waals surface area contributed by atoms with Gasteiger partial charge < -0.3 is 29.9 Å². The summed E-state index contributed by atoms with van der Waals surface area (Å²) in [5.41, 5.74) is 6.01. The van der Waals surface area contributed by atoms with Crippen LogP contribution >= 0.6 is 0 Å². The van der Waals surface area contributed by atoms with Gasteiger partial charge in [0.25, 0.3) is 0 Å². The molecule has 0 bridgehead atoms. The van der Waals surface area contributed by atoms with E-state index in [0.29, 0.717) is 13.0 Å². The maximum atomic E-state index is 12.1. The molecule has 3 aromatic carbocycles. The Morgan fingerprint density at radius 3 is 2.30 bits per heavy atom. The van der Waals surface area contributed by atoms with Gasteiger partial charge in [-0.2, -0.15) is 0 Å². The lowest BCUT2D eigenvalue weighted by molar-refractivity contribution is -0.253. The summed E-state index contributed by atoms with van der Waals surface area (Å²) in [6, 6.07) is 24.3. The number of carboxylic acid groups (broad SMARTS) is 1. The highest BCUT2D eigenvalue weighted by Gasteiger charge is 2.33. The van der Waals surface area contributed by atoms with Crippen molar-refractivity contribution in [2.45, 2.75) is 76.6 Å². The van der Waals surface area contributed by atoms with Crippen molar-refractivity contribution in [3.63, 3.8) is 0 Å². The number of ether oxygens (including phenoxy) is 2. The Hall–Kier alpha value is -3.56. The van der Waals surface area contributed by atoms with E-state index in [1.165, 1.54) is 19.3 Å². The van der Waals surface area contributed by atoms with Crippen LogP contribution in [0.5, 0.6) is 0 Å². The van der Waals surface area contributed by atoms with Crippen LogP contribution < -0.4 is 5.32 Å². The molecule has 0 aliphatic carbocycles. The Bertz CT molecular complexity index is 1340. The maximum Gasteiger partial charge on any atom is 0.303 e. The van der Waals surface area contributed by atoms with Crippen LogP contribution in [0.15, 0.2) is 72.8 Å². The molecule has 2 fully saturated rings. The van der Waals surface area contributed by atoms with Crippen LogP contribution in [0.1, 0.15) is 79.6 Å². The average Bonchev–Trinajstić information content (AvgIpc) is 3.04. The van der Waals surface area contributed by atoms with Crippen molar-refractivity contribution in [2.24, 2.45) is 0 Å². The van der Waals surface area contributed by atoms with Crippen LogP contribution in [0.4, 0.5) is 0 Å². The molecule has 228 valence electrons. The Morgan fingerprint density at radius 2 is 1.58 bits per heavy atom. The summed E-state index contributed by atoms with van der Waals surface area (Å²) in [7, 11) is 0. The molecule has 0 aromatic heterocycles. The number of nitrogens with zero attached hydrogens (tertiary/aromatic N) is 1. The highest BCUT2D eigenvalue weighted by atomic mass is 16.7. The SMILES string of the molecule is O=C(O)CCCC(=O)NCc1cccc(-c2ccc([C@@H]3O[C@H](CN4CCCCC4)C[C@H](c4ccc(CO)cc4)O3)cc2)c1. The van der Waals surface area contributed by atoms with Gasteiger partial charge in [0.2, 0.25) is 5.91 Å². The molecule has 2 saturated heterocycles. The summed E-state index contributed by atoms with van der Waals surface area (Å²) in [5, 5.41) is 21.1. The van der Waals surface area contributed by atoms with E-state index in [2.05, 4.69) is 40.5 Å². The number of aliphatic hydroxyl groups is 1. The van der Waals surface area contributed by atoms with Crippen LogP contribution in [0.25, 0.3) is 11.1 Å². The zero-order valence-corrected chi connectivity index (χ0v) is 24.6. The minimum absolute atomic E-state index is 0.00663. The van der Waals surface area contributed by atoms with Gasteiger partial charge in [-0.1, -0.05) is 73.2 Å². The second kappa shape index (κ2) is 15.3. The molecule has 3 aromatic rings. The second-order valence-electron chi connectivity index (χ2n) is 11.6. The minimum Gasteiger partial charge on any atom is -0.481 e. The zero-order valence-electron chi connectivity index (χ0n) is 24.6. The van der Waals surface area contributed by atoms with Gasteiger partial charge in [-0.05, 0) is 66.2 Å². The van der Waals surface area contributed by atoms with Crippen LogP contribution in [0.3, 0.4) is 0 Å². The molecule has 0 saturated carbocycles. The lowest BCUT2D eigenvalue weighted by Gasteiger charge is -2.39. The number of hydrogen-bond acceptors (Lipinski definition) is 6. The molecule has 2 heterocycles.